The average molecular weight is 276 g/mol. The molecule has 17 heavy (non-hydrogen) atoms. The van der Waals surface area contributed by atoms with E-state index in [-0.39, 0.29) is 36.0 Å². The number of carboxylic acids is 1. The molecule has 0 aliphatic heterocycles. The summed E-state index contributed by atoms with van der Waals surface area (Å²) in [6.07, 6.45) is 4.41. The summed E-state index contributed by atoms with van der Waals surface area (Å²) in [6, 6.07) is 0. The molecule has 0 heterocycles. The fourth-order valence-corrected chi connectivity index (χ4v) is 2.34. The molecule has 0 saturated carbocycles. The first-order chi connectivity index (χ1) is 7.38. The molecule has 0 aliphatic rings. The average Bonchev–Trinajstić information content (AvgIpc) is 2.13. The summed E-state index contributed by atoms with van der Waals surface area (Å²) in [6.45, 7) is 2.07. The Bertz CT molecular complexity index is 302. The number of unbranched alkanes of at least 4 members (excludes halogenated alkanes) is 4. The van der Waals surface area contributed by atoms with Crippen LogP contribution in [0, 0.1) is 0 Å². The van der Waals surface area contributed by atoms with E-state index in [1.54, 1.807) is 0 Å². The maximum absolute atomic E-state index is 10.9. The van der Waals surface area contributed by atoms with Crippen molar-refractivity contribution in [2.45, 2.75) is 57.1 Å². The van der Waals surface area contributed by atoms with Gasteiger partial charge in [-0.1, -0.05) is 39.0 Å². The minimum atomic E-state index is -4.23. The Labute approximate surface area is 125 Å². The third kappa shape index (κ3) is 11.2. The standard InChI is InChI=1S/C10H20O5S.Na.H/c1-2-3-4-5-6-7-9(8-10(11)12)16(13,14)15;;/h9H,2-8H2,1H3,(H,11,12)(H,13,14,15);;. The monoisotopic (exact) mass is 276 g/mol. The molecule has 98 valence electrons. The molecule has 0 fully saturated rings. The van der Waals surface area contributed by atoms with E-state index in [1.165, 1.54) is 0 Å². The van der Waals surface area contributed by atoms with Crippen LogP contribution in [0.15, 0.2) is 0 Å². The van der Waals surface area contributed by atoms with Gasteiger partial charge in [-0.3, -0.25) is 9.35 Å². The third-order valence-corrected chi connectivity index (χ3v) is 3.70. The minimum absolute atomic E-state index is 0. The second-order valence-electron chi connectivity index (χ2n) is 3.94. The molecule has 0 aromatic carbocycles. The predicted molar refractivity (Wildman–Crippen MR) is 68.1 cm³/mol. The van der Waals surface area contributed by atoms with Gasteiger partial charge >= 0.3 is 35.5 Å². The normalized spacial score (nSPS) is 12.8. The Kier molecular flexibility index (Phi) is 12.0. The number of carboxylic acid groups (broad SMARTS) is 1. The van der Waals surface area contributed by atoms with Gasteiger partial charge < -0.3 is 5.11 Å². The molecule has 0 aromatic heterocycles. The molecule has 1 atom stereocenters. The zero-order valence-corrected chi connectivity index (χ0v) is 10.4. The fourth-order valence-electron chi connectivity index (χ4n) is 1.53. The molecular weight excluding hydrogens is 255 g/mol. The first kappa shape index (κ1) is 19.7. The number of aliphatic carboxylic acids is 1. The van der Waals surface area contributed by atoms with Crippen molar-refractivity contribution in [1.29, 1.82) is 0 Å². The summed E-state index contributed by atoms with van der Waals surface area (Å²) < 4.78 is 30.6. The van der Waals surface area contributed by atoms with E-state index in [2.05, 4.69) is 6.92 Å². The molecule has 5 nitrogen and oxygen atoms in total. The van der Waals surface area contributed by atoms with Crippen LogP contribution in [-0.2, 0) is 14.9 Å². The predicted octanol–water partition coefficient (Wildman–Crippen LogP) is 1.43. The van der Waals surface area contributed by atoms with Gasteiger partial charge in [0, 0.05) is 0 Å². The molecular formula is C10H21NaO5S. The number of hydrogen-bond donors (Lipinski definition) is 2. The number of rotatable bonds is 9. The van der Waals surface area contributed by atoms with Gasteiger partial charge in [-0.05, 0) is 6.42 Å². The summed E-state index contributed by atoms with van der Waals surface area (Å²) in [4.78, 5) is 10.4. The van der Waals surface area contributed by atoms with Gasteiger partial charge in [0.25, 0.3) is 10.1 Å². The Hall–Kier alpha value is 0.380. The van der Waals surface area contributed by atoms with Crippen LogP contribution in [0.3, 0.4) is 0 Å². The number of carbonyl (C=O) groups is 1. The fraction of sp³-hybridized carbons (Fsp3) is 0.900. The third-order valence-electron chi connectivity index (χ3n) is 2.45. The molecule has 0 rings (SSSR count). The van der Waals surface area contributed by atoms with Gasteiger partial charge in [0.15, 0.2) is 0 Å². The van der Waals surface area contributed by atoms with Gasteiger partial charge in [0.05, 0.1) is 11.7 Å². The summed E-state index contributed by atoms with van der Waals surface area (Å²) in [5, 5.41) is 7.35. The first-order valence-electron chi connectivity index (χ1n) is 5.56. The van der Waals surface area contributed by atoms with Crippen LogP contribution in [-0.4, -0.2) is 58.9 Å². The Morgan fingerprint density at radius 3 is 2.12 bits per heavy atom. The zero-order chi connectivity index (χ0) is 12.6. The molecule has 0 aliphatic carbocycles. The van der Waals surface area contributed by atoms with Crippen molar-refractivity contribution in [2.24, 2.45) is 0 Å². The second kappa shape index (κ2) is 10.3. The Morgan fingerprint density at radius 1 is 1.18 bits per heavy atom. The van der Waals surface area contributed by atoms with Crippen molar-refractivity contribution in [3.8, 4) is 0 Å². The van der Waals surface area contributed by atoms with Crippen LogP contribution in [0.25, 0.3) is 0 Å². The zero-order valence-electron chi connectivity index (χ0n) is 9.55. The van der Waals surface area contributed by atoms with Crippen molar-refractivity contribution in [3.05, 3.63) is 0 Å². The molecule has 0 spiro atoms. The molecule has 0 radical (unpaired) electrons. The SMILES string of the molecule is CCCCCCCC(CC(=O)O)S(=O)(=O)O.[NaH]. The van der Waals surface area contributed by atoms with E-state index in [0.29, 0.717) is 6.42 Å². The van der Waals surface area contributed by atoms with E-state index < -0.39 is 27.8 Å². The molecule has 2 N–H and O–H groups in total. The summed E-state index contributed by atoms with van der Waals surface area (Å²) in [5.41, 5.74) is 0. The van der Waals surface area contributed by atoms with Gasteiger partial charge in [-0.25, -0.2) is 0 Å². The first-order valence-corrected chi connectivity index (χ1v) is 7.06. The van der Waals surface area contributed by atoms with Crippen LogP contribution >= 0.6 is 0 Å². The summed E-state index contributed by atoms with van der Waals surface area (Å²) in [5.74, 6) is -1.20. The molecule has 0 saturated heterocycles. The van der Waals surface area contributed by atoms with Crippen LogP contribution in [0.5, 0.6) is 0 Å². The second-order valence-corrected chi connectivity index (χ2v) is 5.63. The van der Waals surface area contributed by atoms with Crippen molar-refractivity contribution in [2.75, 3.05) is 0 Å². The molecule has 0 aromatic rings. The van der Waals surface area contributed by atoms with Gasteiger partial charge in [0.2, 0.25) is 0 Å². The quantitative estimate of drug-likeness (QED) is 0.377. The summed E-state index contributed by atoms with van der Waals surface area (Å²) >= 11 is 0. The van der Waals surface area contributed by atoms with Crippen LogP contribution < -0.4 is 0 Å². The molecule has 1 unspecified atom stereocenters. The van der Waals surface area contributed by atoms with Gasteiger partial charge in [0.1, 0.15) is 0 Å². The van der Waals surface area contributed by atoms with Gasteiger partial charge in [-0.15, -0.1) is 0 Å². The van der Waals surface area contributed by atoms with Crippen molar-refractivity contribution in [3.63, 3.8) is 0 Å². The van der Waals surface area contributed by atoms with E-state index in [9.17, 15) is 13.2 Å². The van der Waals surface area contributed by atoms with Crippen molar-refractivity contribution in [1.82, 2.24) is 0 Å². The Balaban J connectivity index is 0. The van der Waals surface area contributed by atoms with E-state index in [4.69, 9.17) is 9.66 Å². The summed E-state index contributed by atoms with van der Waals surface area (Å²) in [7, 11) is -4.23. The van der Waals surface area contributed by atoms with Crippen molar-refractivity contribution >= 4 is 45.6 Å². The topological polar surface area (TPSA) is 91.7 Å². The molecule has 7 heteroatoms. The van der Waals surface area contributed by atoms with Crippen LogP contribution in [0.1, 0.15) is 51.9 Å². The molecule has 0 amide bonds. The van der Waals surface area contributed by atoms with Crippen LogP contribution in [0.2, 0.25) is 0 Å². The number of hydrogen-bond acceptors (Lipinski definition) is 3. The van der Waals surface area contributed by atoms with Crippen molar-refractivity contribution < 1.29 is 22.9 Å². The van der Waals surface area contributed by atoms with Crippen LogP contribution in [0.4, 0.5) is 0 Å². The Morgan fingerprint density at radius 2 is 1.71 bits per heavy atom. The van der Waals surface area contributed by atoms with E-state index in [0.717, 1.165) is 25.7 Å². The van der Waals surface area contributed by atoms with E-state index >= 15 is 0 Å². The van der Waals surface area contributed by atoms with E-state index in [1.807, 2.05) is 0 Å². The molecule has 0 bridgehead atoms. The maximum atomic E-state index is 10.9. The van der Waals surface area contributed by atoms with Gasteiger partial charge in [-0.2, -0.15) is 8.42 Å².